The summed E-state index contributed by atoms with van der Waals surface area (Å²) < 4.78 is 2.81. The minimum atomic E-state index is 0.270. The summed E-state index contributed by atoms with van der Waals surface area (Å²) in [7, 11) is 1.90. The first-order valence-electron chi connectivity index (χ1n) is 6.25. The van der Waals surface area contributed by atoms with Gasteiger partial charge in [0, 0.05) is 7.05 Å². The average molecular weight is 333 g/mol. The largest absolute Gasteiger partial charge is 0.298 e. The minimum Gasteiger partial charge on any atom is -0.298 e. The second-order valence-electron chi connectivity index (χ2n) is 4.81. The maximum absolute atomic E-state index is 11.9. The standard InChI is InChI=1S/C13H21BrN2OS/c1-5-11-13(14)12(16(4)15-11)6-10(17)8-18-7-9(2)3/h9H,5-8H2,1-4H3. The lowest BCUT2D eigenvalue weighted by atomic mass is 10.2. The molecule has 0 unspecified atom stereocenters. The molecule has 0 radical (unpaired) electrons. The van der Waals surface area contributed by atoms with E-state index < -0.39 is 0 Å². The molecule has 0 saturated carbocycles. The highest BCUT2D eigenvalue weighted by Crippen LogP contribution is 2.22. The van der Waals surface area contributed by atoms with Crippen LogP contribution in [0.15, 0.2) is 4.47 Å². The van der Waals surface area contributed by atoms with Gasteiger partial charge in [0.15, 0.2) is 0 Å². The van der Waals surface area contributed by atoms with Crippen LogP contribution in [-0.4, -0.2) is 27.1 Å². The maximum Gasteiger partial charge on any atom is 0.148 e. The second-order valence-corrected chi connectivity index (χ2v) is 6.63. The van der Waals surface area contributed by atoms with Gasteiger partial charge in [0.2, 0.25) is 0 Å². The Labute approximate surface area is 122 Å². The molecule has 1 rings (SSSR count). The Morgan fingerprint density at radius 2 is 2.17 bits per heavy atom. The third kappa shape index (κ3) is 4.43. The third-order valence-corrected chi connectivity index (χ3v) is 4.93. The number of thioether (sulfide) groups is 1. The van der Waals surface area contributed by atoms with E-state index in [-0.39, 0.29) is 5.78 Å². The molecule has 1 aromatic rings. The summed E-state index contributed by atoms with van der Waals surface area (Å²) in [6.07, 6.45) is 1.35. The quantitative estimate of drug-likeness (QED) is 0.768. The first-order chi connectivity index (χ1) is 8.45. The number of nitrogens with zero attached hydrogens (tertiary/aromatic N) is 2. The Hall–Kier alpha value is -0.290. The number of carbonyl (C=O) groups is 1. The van der Waals surface area contributed by atoms with Crippen LogP contribution in [0.4, 0.5) is 0 Å². The monoisotopic (exact) mass is 332 g/mol. The van der Waals surface area contributed by atoms with Crippen molar-refractivity contribution in [1.29, 1.82) is 0 Å². The van der Waals surface area contributed by atoms with Crippen molar-refractivity contribution in [1.82, 2.24) is 9.78 Å². The van der Waals surface area contributed by atoms with Crippen LogP contribution in [-0.2, 0) is 24.7 Å². The van der Waals surface area contributed by atoms with Gasteiger partial charge in [-0.3, -0.25) is 9.48 Å². The van der Waals surface area contributed by atoms with Crippen molar-refractivity contribution in [3.63, 3.8) is 0 Å². The van der Waals surface area contributed by atoms with Crippen LogP contribution in [0, 0.1) is 5.92 Å². The Balaban J connectivity index is 2.56. The predicted octanol–water partition coefficient (Wildman–Crippen LogP) is 3.25. The van der Waals surface area contributed by atoms with E-state index in [2.05, 4.69) is 41.8 Å². The maximum atomic E-state index is 11.9. The van der Waals surface area contributed by atoms with Gasteiger partial charge in [-0.2, -0.15) is 16.9 Å². The third-order valence-electron chi connectivity index (χ3n) is 2.58. The molecule has 0 aliphatic rings. The molecule has 0 fully saturated rings. The molecule has 0 bridgehead atoms. The molecule has 1 heterocycles. The number of aryl methyl sites for hydroxylation is 2. The fraction of sp³-hybridized carbons (Fsp3) is 0.692. The van der Waals surface area contributed by atoms with Crippen molar-refractivity contribution >= 4 is 33.5 Å². The van der Waals surface area contributed by atoms with Crippen LogP contribution in [0.25, 0.3) is 0 Å². The highest BCUT2D eigenvalue weighted by atomic mass is 79.9. The molecular weight excluding hydrogens is 312 g/mol. The Bertz CT molecular complexity index is 415. The lowest BCUT2D eigenvalue weighted by molar-refractivity contribution is -0.116. The zero-order chi connectivity index (χ0) is 13.7. The van der Waals surface area contributed by atoms with Gasteiger partial charge < -0.3 is 0 Å². The topological polar surface area (TPSA) is 34.9 Å². The number of hydrogen-bond donors (Lipinski definition) is 0. The van der Waals surface area contributed by atoms with E-state index in [0.717, 1.165) is 28.0 Å². The molecule has 0 N–H and O–H groups in total. The molecule has 0 saturated heterocycles. The van der Waals surface area contributed by atoms with Gasteiger partial charge in [-0.1, -0.05) is 20.8 Å². The summed E-state index contributed by atoms with van der Waals surface area (Å²) in [5.41, 5.74) is 2.01. The number of carbonyl (C=O) groups excluding carboxylic acids is 1. The molecule has 0 amide bonds. The SMILES string of the molecule is CCc1nn(C)c(CC(=O)CSCC(C)C)c1Br. The summed E-state index contributed by atoms with van der Waals surface area (Å²) in [4.78, 5) is 11.9. The highest BCUT2D eigenvalue weighted by Gasteiger charge is 2.15. The van der Waals surface area contributed by atoms with Crippen molar-refractivity contribution < 1.29 is 4.79 Å². The van der Waals surface area contributed by atoms with Gasteiger partial charge in [0.1, 0.15) is 5.78 Å². The fourth-order valence-electron chi connectivity index (χ4n) is 1.66. The molecule has 0 spiro atoms. The molecule has 1 aromatic heterocycles. The molecule has 0 atom stereocenters. The summed E-state index contributed by atoms with van der Waals surface area (Å²) in [5, 5.41) is 4.40. The lowest BCUT2D eigenvalue weighted by Gasteiger charge is -2.05. The summed E-state index contributed by atoms with van der Waals surface area (Å²) in [6, 6.07) is 0. The normalized spacial score (nSPS) is 11.2. The van der Waals surface area contributed by atoms with E-state index in [1.165, 1.54) is 0 Å². The van der Waals surface area contributed by atoms with E-state index in [4.69, 9.17) is 0 Å². The number of hydrogen-bond acceptors (Lipinski definition) is 3. The van der Waals surface area contributed by atoms with E-state index >= 15 is 0 Å². The Morgan fingerprint density at radius 3 is 2.67 bits per heavy atom. The number of aromatic nitrogens is 2. The Kier molecular flexibility index (Phi) is 6.43. The van der Waals surface area contributed by atoms with Gasteiger partial charge in [0.25, 0.3) is 0 Å². The number of rotatable bonds is 7. The summed E-state index contributed by atoms with van der Waals surface area (Å²) in [6.45, 7) is 6.41. The van der Waals surface area contributed by atoms with E-state index in [0.29, 0.717) is 18.1 Å². The van der Waals surface area contributed by atoms with Crippen molar-refractivity contribution in [2.24, 2.45) is 13.0 Å². The van der Waals surface area contributed by atoms with Gasteiger partial charge in [-0.05, 0) is 34.0 Å². The molecule has 3 nitrogen and oxygen atoms in total. The van der Waals surface area contributed by atoms with Crippen molar-refractivity contribution in [2.75, 3.05) is 11.5 Å². The van der Waals surface area contributed by atoms with Crippen molar-refractivity contribution in [3.8, 4) is 0 Å². The summed E-state index contributed by atoms with van der Waals surface area (Å²) >= 11 is 5.26. The predicted molar refractivity (Wildman–Crippen MR) is 81.2 cm³/mol. The zero-order valence-corrected chi connectivity index (χ0v) is 13.9. The first-order valence-corrected chi connectivity index (χ1v) is 8.20. The zero-order valence-electron chi connectivity index (χ0n) is 11.5. The summed E-state index contributed by atoms with van der Waals surface area (Å²) in [5.74, 6) is 2.54. The van der Waals surface area contributed by atoms with Gasteiger partial charge >= 0.3 is 0 Å². The molecule has 5 heteroatoms. The van der Waals surface area contributed by atoms with E-state index in [1.807, 2.05) is 11.7 Å². The number of ketones is 1. The van der Waals surface area contributed by atoms with Crippen LogP contribution in [0.2, 0.25) is 0 Å². The minimum absolute atomic E-state index is 0.270. The average Bonchev–Trinajstić information content (AvgIpc) is 2.56. The molecule has 18 heavy (non-hydrogen) atoms. The van der Waals surface area contributed by atoms with Crippen LogP contribution in [0.5, 0.6) is 0 Å². The second kappa shape index (κ2) is 7.34. The van der Waals surface area contributed by atoms with Crippen LogP contribution in [0.3, 0.4) is 0 Å². The van der Waals surface area contributed by atoms with Crippen molar-refractivity contribution in [3.05, 3.63) is 15.9 Å². The van der Waals surface area contributed by atoms with Crippen molar-refractivity contribution in [2.45, 2.75) is 33.6 Å². The van der Waals surface area contributed by atoms with Gasteiger partial charge in [0.05, 0.1) is 28.0 Å². The smallest absolute Gasteiger partial charge is 0.148 e. The first kappa shape index (κ1) is 15.8. The number of Topliss-reactive ketones (excluding diaryl/α,β-unsaturated/α-hetero) is 1. The van der Waals surface area contributed by atoms with Crippen LogP contribution >= 0.6 is 27.7 Å². The van der Waals surface area contributed by atoms with Crippen LogP contribution in [0.1, 0.15) is 32.2 Å². The fourth-order valence-corrected chi connectivity index (χ4v) is 3.33. The molecule has 0 aliphatic heterocycles. The molecule has 0 aliphatic carbocycles. The number of halogens is 1. The van der Waals surface area contributed by atoms with Crippen LogP contribution < -0.4 is 0 Å². The van der Waals surface area contributed by atoms with Gasteiger partial charge in [-0.25, -0.2) is 0 Å². The Morgan fingerprint density at radius 1 is 1.50 bits per heavy atom. The van der Waals surface area contributed by atoms with E-state index in [9.17, 15) is 4.79 Å². The highest BCUT2D eigenvalue weighted by molar-refractivity contribution is 9.10. The van der Waals surface area contributed by atoms with E-state index in [1.54, 1.807) is 11.8 Å². The molecular formula is C13H21BrN2OS. The van der Waals surface area contributed by atoms with Gasteiger partial charge in [-0.15, -0.1) is 0 Å². The molecule has 0 aromatic carbocycles. The molecule has 102 valence electrons. The lowest BCUT2D eigenvalue weighted by Crippen LogP contribution is -2.11.